The van der Waals surface area contributed by atoms with Crippen LogP contribution in [0.25, 0.3) is 10.9 Å². The van der Waals surface area contributed by atoms with Crippen molar-refractivity contribution in [2.75, 3.05) is 58.4 Å². The number of ether oxygens (including phenoxy) is 2. The number of piperazine rings is 1. The highest BCUT2D eigenvalue weighted by Gasteiger charge is 2.17. The number of carbonyl (C=O) groups excluding carboxylic acids is 1. The summed E-state index contributed by atoms with van der Waals surface area (Å²) in [6, 6.07) is 9.89. The molecule has 10 heteroatoms. The van der Waals surface area contributed by atoms with Gasteiger partial charge in [-0.2, -0.15) is 0 Å². The number of rotatable bonds is 10. The van der Waals surface area contributed by atoms with E-state index in [9.17, 15) is 14.0 Å². The number of aryl methyl sites for hydroxylation is 1. The summed E-state index contributed by atoms with van der Waals surface area (Å²) in [5.74, 6) is 0.725. The Morgan fingerprint density at radius 3 is 2.42 bits per heavy atom. The Bertz CT molecular complexity index is 1240. The van der Waals surface area contributed by atoms with E-state index in [1.807, 2.05) is 0 Å². The molecule has 1 amide bonds. The second-order valence-corrected chi connectivity index (χ2v) is 8.73. The highest BCUT2D eigenvalue weighted by Crippen LogP contribution is 2.29. The van der Waals surface area contributed by atoms with E-state index in [0.29, 0.717) is 48.3 Å². The number of carbonyl (C=O) groups is 1. The third-order valence-electron chi connectivity index (χ3n) is 6.45. The summed E-state index contributed by atoms with van der Waals surface area (Å²) < 4.78 is 25.2. The highest BCUT2D eigenvalue weighted by molar-refractivity contribution is 5.81. The van der Waals surface area contributed by atoms with Gasteiger partial charge in [0.1, 0.15) is 5.82 Å². The molecule has 0 saturated carbocycles. The van der Waals surface area contributed by atoms with Crippen LogP contribution in [0.5, 0.6) is 11.5 Å². The molecule has 0 atom stereocenters. The molecule has 4 rings (SSSR count). The quantitative estimate of drug-likeness (QED) is 0.460. The Labute approximate surface area is 209 Å². The third kappa shape index (κ3) is 6.12. The van der Waals surface area contributed by atoms with Gasteiger partial charge in [0.05, 0.1) is 31.4 Å². The number of methoxy groups -OCH3 is 2. The lowest BCUT2D eigenvalue weighted by molar-refractivity contribution is -0.121. The van der Waals surface area contributed by atoms with Crippen molar-refractivity contribution in [3.05, 3.63) is 58.9 Å². The molecule has 0 radical (unpaired) electrons. The zero-order chi connectivity index (χ0) is 25.5. The SMILES string of the molecule is COc1cc2ncn(CCCC(=O)NCCN3CCN(c4ccc(F)cc4)CC3)c(=O)c2cc1OC. The fourth-order valence-corrected chi connectivity index (χ4v) is 4.38. The molecule has 1 aliphatic heterocycles. The monoisotopic (exact) mass is 497 g/mol. The maximum Gasteiger partial charge on any atom is 0.261 e. The summed E-state index contributed by atoms with van der Waals surface area (Å²) >= 11 is 0. The van der Waals surface area contributed by atoms with Crippen LogP contribution in [0.2, 0.25) is 0 Å². The van der Waals surface area contributed by atoms with E-state index in [1.54, 1.807) is 24.3 Å². The van der Waals surface area contributed by atoms with Crippen LogP contribution in [0, 0.1) is 5.82 Å². The van der Waals surface area contributed by atoms with Gasteiger partial charge in [-0.05, 0) is 36.8 Å². The van der Waals surface area contributed by atoms with E-state index >= 15 is 0 Å². The minimum absolute atomic E-state index is 0.0341. The zero-order valence-corrected chi connectivity index (χ0v) is 20.7. The van der Waals surface area contributed by atoms with E-state index in [2.05, 4.69) is 20.1 Å². The molecule has 36 heavy (non-hydrogen) atoms. The number of benzene rings is 2. The Kier molecular flexibility index (Phi) is 8.37. The first-order valence-corrected chi connectivity index (χ1v) is 12.1. The molecule has 0 aliphatic carbocycles. The van der Waals surface area contributed by atoms with Crippen LogP contribution in [0.3, 0.4) is 0 Å². The van der Waals surface area contributed by atoms with Gasteiger partial charge in [-0.15, -0.1) is 0 Å². The number of aromatic nitrogens is 2. The van der Waals surface area contributed by atoms with E-state index < -0.39 is 0 Å². The third-order valence-corrected chi connectivity index (χ3v) is 6.45. The molecule has 2 heterocycles. The van der Waals surface area contributed by atoms with Crippen LogP contribution in [-0.2, 0) is 11.3 Å². The molecule has 0 unspecified atom stereocenters. The normalized spacial score (nSPS) is 14.1. The molecule has 1 aromatic heterocycles. The van der Waals surface area contributed by atoms with Gasteiger partial charge in [-0.3, -0.25) is 19.1 Å². The molecule has 0 spiro atoms. The summed E-state index contributed by atoms with van der Waals surface area (Å²) in [4.78, 5) is 34.0. The number of amides is 1. The van der Waals surface area contributed by atoms with E-state index in [4.69, 9.17) is 9.47 Å². The number of fused-ring (bicyclic) bond motifs is 1. The van der Waals surface area contributed by atoms with Crippen LogP contribution < -0.4 is 25.2 Å². The van der Waals surface area contributed by atoms with Gasteiger partial charge < -0.3 is 19.7 Å². The van der Waals surface area contributed by atoms with Gasteiger partial charge in [-0.1, -0.05) is 0 Å². The maximum absolute atomic E-state index is 13.1. The lowest BCUT2D eigenvalue weighted by Gasteiger charge is -2.36. The Morgan fingerprint density at radius 1 is 1.03 bits per heavy atom. The molecule has 1 aliphatic rings. The average molecular weight is 498 g/mol. The Hall–Kier alpha value is -3.66. The fraction of sp³-hybridized carbons (Fsp3) is 0.423. The summed E-state index contributed by atoms with van der Waals surface area (Å²) in [6.07, 6.45) is 2.36. The topological polar surface area (TPSA) is 88.9 Å². The molecule has 2 aromatic carbocycles. The first-order chi connectivity index (χ1) is 17.5. The number of halogens is 1. The molecular weight excluding hydrogens is 465 g/mol. The summed E-state index contributed by atoms with van der Waals surface area (Å²) in [5.41, 5.74) is 1.38. The van der Waals surface area contributed by atoms with E-state index in [0.717, 1.165) is 38.4 Å². The van der Waals surface area contributed by atoms with Crippen molar-refractivity contribution >= 4 is 22.5 Å². The largest absolute Gasteiger partial charge is 0.493 e. The molecular formula is C26H32FN5O4. The molecule has 1 saturated heterocycles. The number of nitrogens with zero attached hydrogens (tertiary/aromatic N) is 4. The number of anilines is 1. The summed E-state index contributed by atoms with van der Waals surface area (Å²) in [7, 11) is 3.05. The van der Waals surface area contributed by atoms with Crippen LogP contribution in [0.1, 0.15) is 12.8 Å². The van der Waals surface area contributed by atoms with Crippen molar-refractivity contribution in [1.29, 1.82) is 0 Å². The fourth-order valence-electron chi connectivity index (χ4n) is 4.38. The van der Waals surface area contributed by atoms with Gasteiger partial charge in [0, 0.05) is 64.0 Å². The minimum atomic E-state index is -0.226. The van der Waals surface area contributed by atoms with Crippen molar-refractivity contribution in [1.82, 2.24) is 19.8 Å². The lowest BCUT2D eigenvalue weighted by atomic mass is 10.2. The highest BCUT2D eigenvalue weighted by atomic mass is 19.1. The molecule has 3 aromatic rings. The van der Waals surface area contributed by atoms with Crippen molar-refractivity contribution < 1.29 is 18.7 Å². The number of hydrogen-bond acceptors (Lipinski definition) is 7. The first-order valence-electron chi connectivity index (χ1n) is 12.1. The van der Waals surface area contributed by atoms with Gasteiger partial charge >= 0.3 is 0 Å². The Morgan fingerprint density at radius 2 is 1.72 bits per heavy atom. The zero-order valence-electron chi connectivity index (χ0n) is 20.7. The lowest BCUT2D eigenvalue weighted by Crippen LogP contribution is -2.48. The van der Waals surface area contributed by atoms with Crippen LogP contribution >= 0.6 is 0 Å². The van der Waals surface area contributed by atoms with E-state index in [-0.39, 0.29) is 17.3 Å². The van der Waals surface area contributed by atoms with Crippen molar-refractivity contribution in [3.63, 3.8) is 0 Å². The Balaban J connectivity index is 1.18. The van der Waals surface area contributed by atoms with Gasteiger partial charge in [-0.25, -0.2) is 9.37 Å². The molecule has 1 fully saturated rings. The molecule has 192 valence electrons. The van der Waals surface area contributed by atoms with Crippen LogP contribution in [0.15, 0.2) is 47.5 Å². The number of hydrogen-bond donors (Lipinski definition) is 1. The van der Waals surface area contributed by atoms with E-state index in [1.165, 1.54) is 37.2 Å². The minimum Gasteiger partial charge on any atom is -0.493 e. The predicted molar refractivity (Wildman–Crippen MR) is 136 cm³/mol. The van der Waals surface area contributed by atoms with Crippen molar-refractivity contribution in [3.8, 4) is 11.5 Å². The molecule has 9 nitrogen and oxygen atoms in total. The summed E-state index contributed by atoms with van der Waals surface area (Å²) in [6.45, 7) is 5.27. The van der Waals surface area contributed by atoms with Crippen molar-refractivity contribution in [2.24, 2.45) is 0 Å². The number of nitrogens with one attached hydrogen (secondary N) is 1. The summed E-state index contributed by atoms with van der Waals surface area (Å²) in [5, 5.41) is 3.41. The predicted octanol–water partition coefficient (Wildman–Crippen LogP) is 2.27. The molecule has 1 N–H and O–H groups in total. The van der Waals surface area contributed by atoms with Gasteiger partial charge in [0.25, 0.3) is 5.56 Å². The maximum atomic E-state index is 13.1. The second kappa shape index (κ2) is 11.9. The first kappa shape index (κ1) is 25.4. The van der Waals surface area contributed by atoms with Crippen molar-refractivity contribution in [2.45, 2.75) is 19.4 Å². The molecule has 0 bridgehead atoms. The van der Waals surface area contributed by atoms with Crippen LogP contribution in [-0.4, -0.2) is 73.8 Å². The van der Waals surface area contributed by atoms with Crippen LogP contribution in [0.4, 0.5) is 10.1 Å². The van der Waals surface area contributed by atoms with Gasteiger partial charge in [0.2, 0.25) is 5.91 Å². The average Bonchev–Trinajstić information content (AvgIpc) is 2.90. The standard InChI is InChI=1S/C26H32FN5O4/c1-35-23-16-21-22(17-24(23)36-2)29-18-32(26(21)34)10-3-4-25(33)28-9-11-30-12-14-31(15-13-30)20-7-5-19(27)6-8-20/h5-8,16-18H,3-4,9-15H2,1-2H3,(H,28,33). The van der Waals surface area contributed by atoms with Gasteiger partial charge in [0.15, 0.2) is 11.5 Å². The smallest absolute Gasteiger partial charge is 0.261 e. The second-order valence-electron chi connectivity index (χ2n) is 8.73.